The fourth-order valence-corrected chi connectivity index (χ4v) is 6.26. The van der Waals surface area contributed by atoms with Crippen LogP contribution < -0.4 is 0 Å². The van der Waals surface area contributed by atoms with Crippen molar-refractivity contribution < 1.29 is 71.8 Å². The molecule has 1 unspecified atom stereocenters. The molecule has 0 aromatic rings. The number of rotatable bonds is 40. The van der Waals surface area contributed by atoms with Gasteiger partial charge in [-0.1, -0.05) is 135 Å². The molecule has 17 heteroatoms. The summed E-state index contributed by atoms with van der Waals surface area (Å²) in [7, 11) is -9.83. The maximum Gasteiger partial charge on any atom is 0.472 e. The molecule has 0 aromatic heterocycles. The second-order valence-electron chi connectivity index (χ2n) is 14.5. The Morgan fingerprint density at radius 1 is 0.492 bits per heavy atom. The van der Waals surface area contributed by atoms with Crippen LogP contribution in [-0.2, 0) is 41.8 Å². The molecule has 65 heavy (non-hydrogen) atoms. The van der Waals surface area contributed by atoms with Gasteiger partial charge in [0, 0.05) is 12.8 Å². The molecular formula is C48H76O15P2. The first kappa shape index (κ1) is 61.4. The van der Waals surface area contributed by atoms with Crippen LogP contribution in [0.15, 0.2) is 122 Å². The van der Waals surface area contributed by atoms with E-state index in [9.17, 15) is 38.9 Å². The molecule has 0 fully saturated rings. The molecule has 0 aliphatic rings. The van der Waals surface area contributed by atoms with Crippen LogP contribution >= 0.6 is 15.6 Å². The first-order chi connectivity index (χ1) is 31.2. The molecule has 0 bridgehead atoms. The molecule has 0 amide bonds. The second kappa shape index (κ2) is 41.8. The van der Waals surface area contributed by atoms with E-state index in [1.165, 1.54) is 0 Å². The van der Waals surface area contributed by atoms with E-state index in [1.54, 1.807) is 6.08 Å². The van der Waals surface area contributed by atoms with Crippen LogP contribution in [0.3, 0.4) is 0 Å². The van der Waals surface area contributed by atoms with E-state index >= 15 is 0 Å². The Bertz CT molecular complexity index is 1640. The lowest BCUT2D eigenvalue weighted by atomic mass is 10.0. The van der Waals surface area contributed by atoms with E-state index in [1.807, 2.05) is 42.5 Å². The highest BCUT2D eigenvalue weighted by molar-refractivity contribution is 7.47. The second-order valence-corrected chi connectivity index (χ2v) is 17.2. The van der Waals surface area contributed by atoms with Gasteiger partial charge < -0.3 is 39.5 Å². The number of aliphatic hydroxyl groups is 3. The minimum atomic E-state index is -4.92. The molecule has 0 aromatic carbocycles. The molecule has 0 aliphatic heterocycles. The van der Waals surface area contributed by atoms with Gasteiger partial charge in [-0.2, -0.15) is 0 Å². The molecule has 0 radical (unpaired) electrons. The Hall–Kier alpha value is -3.56. The van der Waals surface area contributed by atoms with E-state index < -0.39 is 78.4 Å². The van der Waals surface area contributed by atoms with Gasteiger partial charge in [-0.15, -0.1) is 0 Å². The highest BCUT2D eigenvalue weighted by Crippen LogP contribution is 2.43. The molecule has 0 spiro atoms. The number of esters is 2. The Kier molecular flexibility index (Phi) is 39.5. The average molecular weight is 955 g/mol. The standard InChI is InChI=1S/C48H76O15P2/c1-3-5-7-9-11-13-15-17-18-19-20-21-22-23-25-27-29-31-33-37-47(52)59-41-44(42-62-65(57,58)61-40-43(49)39-60-64(54,55)56)63-48(53)38-34-36-46(51)45(50)35-32-30-28-26-24-16-14-12-10-8-6-4-2/h5-8,11-14,17-18,20-21,23-26,29-32,43-46,49-51H,3-4,9-10,15-16,19,22,27-28,33-42H2,1-2H3,(H,57,58)(H2,54,55,56)/b7-5-,8-6-,13-11-,14-12-,18-17-,21-20-,25-23-,26-24-,31-29-,32-30-/t43-,44+,45+,46+/m0/s1. The van der Waals surface area contributed by atoms with Crippen LogP contribution in [0.1, 0.15) is 117 Å². The Morgan fingerprint density at radius 2 is 0.908 bits per heavy atom. The molecular weight excluding hydrogens is 878 g/mol. The topological polar surface area (TPSA) is 236 Å². The number of carbonyl (C=O) groups excluding carboxylic acids is 2. The fraction of sp³-hybridized carbons (Fsp3) is 0.542. The number of phosphoric ester groups is 2. The molecule has 0 aliphatic carbocycles. The van der Waals surface area contributed by atoms with Crippen molar-refractivity contribution in [3.8, 4) is 0 Å². The minimum absolute atomic E-state index is 0.000985. The van der Waals surface area contributed by atoms with Crippen LogP contribution in [0.5, 0.6) is 0 Å². The zero-order valence-electron chi connectivity index (χ0n) is 38.3. The molecule has 5 atom stereocenters. The van der Waals surface area contributed by atoms with Gasteiger partial charge in [-0.05, 0) is 89.9 Å². The number of allylic oxidation sites excluding steroid dienone is 19. The van der Waals surface area contributed by atoms with E-state index in [2.05, 4.69) is 95.8 Å². The normalized spacial score (nSPS) is 16.0. The van der Waals surface area contributed by atoms with E-state index in [0.29, 0.717) is 19.3 Å². The zero-order chi connectivity index (χ0) is 48.3. The van der Waals surface area contributed by atoms with Gasteiger partial charge >= 0.3 is 27.6 Å². The summed E-state index contributed by atoms with van der Waals surface area (Å²) in [6, 6.07) is 0. The zero-order valence-corrected chi connectivity index (χ0v) is 40.0. The lowest BCUT2D eigenvalue weighted by Crippen LogP contribution is -2.30. The molecule has 0 saturated carbocycles. The predicted octanol–water partition coefficient (Wildman–Crippen LogP) is 9.61. The summed E-state index contributed by atoms with van der Waals surface area (Å²) in [6.07, 6.45) is 45.2. The third-order valence-electron chi connectivity index (χ3n) is 8.55. The molecule has 0 saturated heterocycles. The van der Waals surface area contributed by atoms with Gasteiger partial charge in [0.25, 0.3) is 0 Å². The average Bonchev–Trinajstić information content (AvgIpc) is 3.26. The van der Waals surface area contributed by atoms with Crippen molar-refractivity contribution in [1.29, 1.82) is 0 Å². The first-order valence-corrected chi connectivity index (χ1v) is 25.4. The lowest BCUT2D eigenvalue weighted by Gasteiger charge is -2.21. The van der Waals surface area contributed by atoms with Crippen molar-refractivity contribution in [2.45, 2.75) is 141 Å². The Labute approximate surface area is 387 Å². The van der Waals surface area contributed by atoms with Gasteiger partial charge in [-0.3, -0.25) is 23.2 Å². The minimum Gasteiger partial charge on any atom is -0.462 e. The van der Waals surface area contributed by atoms with Crippen molar-refractivity contribution in [3.63, 3.8) is 0 Å². The number of aliphatic hydroxyl groups excluding tert-OH is 3. The third kappa shape index (κ3) is 44.1. The number of phosphoric acid groups is 2. The van der Waals surface area contributed by atoms with Crippen molar-refractivity contribution in [3.05, 3.63) is 122 Å². The highest BCUT2D eigenvalue weighted by atomic mass is 31.2. The van der Waals surface area contributed by atoms with Crippen LogP contribution in [0.2, 0.25) is 0 Å². The van der Waals surface area contributed by atoms with Crippen molar-refractivity contribution in [2.75, 3.05) is 26.4 Å². The van der Waals surface area contributed by atoms with E-state index in [-0.39, 0.29) is 32.1 Å². The van der Waals surface area contributed by atoms with Gasteiger partial charge in [0.05, 0.1) is 32.0 Å². The van der Waals surface area contributed by atoms with Gasteiger partial charge in [-0.25, -0.2) is 9.13 Å². The molecule has 0 rings (SSSR count). The van der Waals surface area contributed by atoms with Gasteiger partial charge in [0.1, 0.15) is 12.7 Å². The molecule has 368 valence electrons. The summed E-state index contributed by atoms with van der Waals surface area (Å²) in [5, 5.41) is 30.5. The first-order valence-electron chi connectivity index (χ1n) is 22.4. The Morgan fingerprint density at radius 3 is 1.37 bits per heavy atom. The highest BCUT2D eigenvalue weighted by Gasteiger charge is 2.28. The largest absolute Gasteiger partial charge is 0.472 e. The van der Waals surface area contributed by atoms with Gasteiger partial charge in [0.2, 0.25) is 0 Å². The van der Waals surface area contributed by atoms with Crippen molar-refractivity contribution in [1.82, 2.24) is 0 Å². The summed E-state index contributed by atoms with van der Waals surface area (Å²) in [5.41, 5.74) is 0. The monoisotopic (exact) mass is 954 g/mol. The number of hydrogen-bond donors (Lipinski definition) is 6. The van der Waals surface area contributed by atoms with Crippen molar-refractivity contribution >= 4 is 27.6 Å². The maximum absolute atomic E-state index is 12.7. The SMILES string of the molecule is CC/C=C\C/C=C\C/C=C\C/C=C\C/C=C\C/C=C\CCC(=O)OC[C@H](COP(=O)(O)OC[C@@H](O)COP(=O)(O)O)OC(=O)CCC[C@@H](O)[C@H](O)C/C=C\C/C=C\C/C=C\C/C=C\CC. The predicted molar refractivity (Wildman–Crippen MR) is 255 cm³/mol. The summed E-state index contributed by atoms with van der Waals surface area (Å²) in [5.74, 6) is -1.43. The maximum atomic E-state index is 12.7. The number of ether oxygens (including phenoxy) is 2. The summed E-state index contributed by atoms with van der Waals surface area (Å²) in [6.45, 7) is 1.09. The quantitative estimate of drug-likeness (QED) is 0.0191. The molecule has 15 nitrogen and oxygen atoms in total. The Balaban J connectivity index is 4.88. The van der Waals surface area contributed by atoms with Crippen LogP contribution in [-0.4, -0.2) is 92.8 Å². The number of hydrogen-bond acceptors (Lipinski definition) is 12. The molecule has 6 N–H and O–H groups in total. The van der Waals surface area contributed by atoms with Crippen LogP contribution in [0, 0.1) is 0 Å². The summed E-state index contributed by atoms with van der Waals surface area (Å²) < 4.78 is 47.5. The fourth-order valence-electron chi connectivity index (χ4n) is 5.11. The molecule has 0 heterocycles. The summed E-state index contributed by atoms with van der Waals surface area (Å²) >= 11 is 0. The van der Waals surface area contributed by atoms with E-state index in [0.717, 1.165) is 51.4 Å². The lowest BCUT2D eigenvalue weighted by molar-refractivity contribution is -0.161. The van der Waals surface area contributed by atoms with Gasteiger partial charge in [0.15, 0.2) is 6.10 Å². The third-order valence-corrected chi connectivity index (χ3v) is 9.99. The van der Waals surface area contributed by atoms with E-state index in [4.69, 9.17) is 23.8 Å². The van der Waals surface area contributed by atoms with Crippen LogP contribution in [0.25, 0.3) is 0 Å². The van der Waals surface area contributed by atoms with Crippen molar-refractivity contribution in [2.24, 2.45) is 0 Å². The number of carbonyl (C=O) groups is 2. The van der Waals surface area contributed by atoms with Crippen LogP contribution in [0.4, 0.5) is 0 Å². The smallest absolute Gasteiger partial charge is 0.462 e. The summed E-state index contributed by atoms with van der Waals surface area (Å²) in [4.78, 5) is 52.8.